The van der Waals surface area contributed by atoms with Crippen LogP contribution in [-0.2, 0) is 12.8 Å². The standard InChI is InChI=1S/C14H21N5S2/c1-10-8-18-12(20-10)4-6-16-14(15-3)17-7-5-13-19-9-11(2)21-13/h8-9H,4-7H2,1-3H3,(H2,15,16,17). The van der Waals surface area contributed by atoms with Crippen molar-refractivity contribution in [1.29, 1.82) is 0 Å². The predicted molar refractivity (Wildman–Crippen MR) is 90.5 cm³/mol. The van der Waals surface area contributed by atoms with Crippen LogP contribution in [0.4, 0.5) is 0 Å². The number of aryl methyl sites for hydroxylation is 2. The van der Waals surface area contributed by atoms with Gasteiger partial charge in [0, 0.05) is 55.1 Å². The minimum atomic E-state index is 0.830. The van der Waals surface area contributed by atoms with Gasteiger partial charge in [-0.25, -0.2) is 9.97 Å². The maximum absolute atomic E-state index is 4.35. The lowest BCUT2D eigenvalue weighted by Gasteiger charge is -2.10. The molecule has 0 atom stereocenters. The predicted octanol–water partition coefficient (Wildman–Crippen LogP) is 2.17. The van der Waals surface area contributed by atoms with E-state index in [1.807, 2.05) is 12.4 Å². The summed E-state index contributed by atoms with van der Waals surface area (Å²) < 4.78 is 0. The van der Waals surface area contributed by atoms with Crippen molar-refractivity contribution in [3.63, 3.8) is 0 Å². The first-order chi connectivity index (χ1) is 10.2. The van der Waals surface area contributed by atoms with Crippen molar-refractivity contribution in [2.45, 2.75) is 26.7 Å². The summed E-state index contributed by atoms with van der Waals surface area (Å²) >= 11 is 3.49. The lowest BCUT2D eigenvalue weighted by molar-refractivity contribution is 0.780. The van der Waals surface area contributed by atoms with Crippen molar-refractivity contribution >= 4 is 28.6 Å². The third-order valence-electron chi connectivity index (χ3n) is 2.82. The topological polar surface area (TPSA) is 62.2 Å². The van der Waals surface area contributed by atoms with E-state index in [1.165, 1.54) is 9.75 Å². The molecule has 2 rings (SSSR count). The molecule has 0 radical (unpaired) electrons. The van der Waals surface area contributed by atoms with Gasteiger partial charge in [0.15, 0.2) is 5.96 Å². The van der Waals surface area contributed by atoms with Gasteiger partial charge < -0.3 is 10.6 Å². The van der Waals surface area contributed by atoms with Crippen molar-refractivity contribution in [2.24, 2.45) is 4.99 Å². The van der Waals surface area contributed by atoms with Crippen LogP contribution in [0.3, 0.4) is 0 Å². The van der Waals surface area contributed by atoms with Crippen LogP contribution in [0.15, 0.2) is 17.4 Å². The first-order valence-corrected chi connectivity index (χ1v) is 8.58. The second kappa shape index (κ2) is 8.09. The molecule has 2 aromatic rings. The summed E-state index contributed by atoms with van der Waals surface area (Å²) in [5.41, 5.74) is 0. The fourth-order valence-electron chi connectivity index (χ4n) is 1.83. The first kappa shape index (κ1) is 15.9. The second-order valence-corrected chi connectivity index (χ2v) is 7.29. The first-order valence-electron chi connectivity index (χ1n) is 6.94. The number of hydrogen-bond acceptors (Lipinski definition) is 5. The van der Waals surface area contributed by atoms with Gasteiger partial charge in [-0.05, 0) is 13.8 Å². The SMILES string of the molecule is CN=C(NCCc1ncc(C)s1)NCCc1ncc(C)s1. The summed E-state index contributed by atoms with van der Waals surface area (Å²) in [5, 5.41) is 8.94. The molecule has 2 aromatic heterocycles. The van der Waals surface area contributed by atoms with Gasteiger partial charge in [-0.15, -0.1) is 22.7 Å². The lowest BCUT2D eigenvalue weighted by atomic mass is 10.4. The number of guanidine groups is 1. The highest BCUT2D eigenvalue weighted by Crippen LogP contribution is 2.11. The van der Waals surface area contributed by atoms with E-state index >= 15 is 0 Å². The largest absolute Gasteiger partial charge is 0.356 e. The molecule has 0 aliphatic carbocycles. The Balaban J connectivity index is 1.66. The molecule has 0 aromatic carbocycles. The molecule has 0 saturated carbocycles. The van der Waals surface area contributed by atoms with Gasteiger partial charge in [0.2, 0.25) is 0 Å². The molecule has 2 N–H and O–H groups in total. The molecule has 0 aliphatic heterocycles. The minimum absolute atomic E-state index is 0.830. The van der Waals surface area contributed by atoms with E-state index < -0.39 is 0 Å². The molecule has 0 bridgehead atoms. The maximum Gasteiger partial charge on any atom is 0.191 e. The molecule has 2 heterocycles. The van der Waals surface area contributed by atoms with E-state index in [4.69, 9.17) is 0 Å². The molecular weight excluding hydrogens is 302 g/mol. The van der Waals surface area contributed by atoms with Gasteiger partial charge >= 0.3 is 0 Å². The Kier molecular flexibility index (Phi) is 6.13. The second-order valence-electron chi connectivity index (χ2n) is 4.66. The van der Waals surface area contributed by atoms with Crippen LogP contribution in [0.1, 0.15) is 19.8 Å². The molecule has 0 saturated heterocycles. The Morgan fingerprint density at radius 1 is 1.00 bits per heavy atom. The van der Waals surface area contributed by atoms with Crippen molar-refractivity contribution in [3.05, 3.63) is 32.2 Å². The number of hydrogen-bond donors (Lipinski definition) is 2. The fourth-order valence-corrected chi connectivity index (χ4v) is 3.40. The summed E-state index contributed by atoms with van der Waals surface area (Å²) in [6.07, 6.45) is 5.68. The van der Waals surface area contributed by atoms with E-state index in [1.54, 1.807) is 29.7 Å². The Morgan fingerprint density at radius 2 is 1.48 bits per heavy atom. The van der Waals surface area contributed by atoms with Gasteiger partial charge in [0.05, 0.1) is 10.0 Å². The van der Waals surface area contributed by atoms with Crippen molar-refractivity contribution < 1.29 is 0 Å². The summed E-state index contributed by atoms with van der Waals surface area (Å²) in [4.78, 5) is 15.4. The van der Waals surface area contributed by atoms with Crippen LogP contribution in [0, 0.1) is 13.8 Å². The molecule has 0 unspecified atom stereocenters. The summed E-state index contributed by atoms with van der Waals surface area (Å²) in [7, 11) is 1.79. The molecule has 5 nitrogen and oxygen atoms in total. The number of nitrogens with zero attached hydrogens (tertiary/aromatic N) is 3. The third-order valence-corrected chi connectivity index (χ3v) is 4.77. The van der Waals surface area contributed by atoms with Crippen molar-refractivity contribution in [1.82, 2.24) is 20.6 Å². The van der Waals surface area contributed by atoms with E-state index in [9.17, 15) is 0 Å². The normalized spacial score (nSPS) is 10.4. The van der Waals surface area contributed by atoms with Crippen LogP contribution in [0.2, 0.25) is 0 Å². The van der Waals surface area contributed by atoms with Crippen LogP contribution in [-0.4, -0.2) is 36.1 Å². The van der Waals surface area contributed by atoms with E-state index in [0.29, 0.717) is 0 Å². The van der Waals surface area contributed by atoms with Gasteiger partial charge in [0.1, 0.15) is 0 Å². The average Bonchev–Trinajstić information content (AvgIpc) is 3.06. The summed E-state index contributed by atoms with van der Waals surface area (Å²) in [6, 6.07) is 0. The van der Waals surface area contributed by atoms with E-state index in [-0.39, 0.29) is 0 Å². The fraction of sp³-hybridized carbons (Fsp3) is 0.500. The molecule has 0 amide bonds. The third kappa shape index (κ3) is 5.43. The highest BCUT2D eigenvalue weighted by atomic mass is 32.1. The maximum atomic E-state index is 4.35. The lowest BCUT2D eigenvalue weighted by Crippen LogP contribution is -2.39. The smallest absolute Gasteiger partial charge is 0.191 e. The Hall–Kier alpha value is -1.47. The number of thiazole rings is 2. The van der Waals surface area contributed by atoms with Gasteiger partial charge in [-0.2, -0.15) is 0 Å². The van der Waals surface area contributed by atoms with Gasteiger partial charge in [0.25, 0.3) is 0 Å². The van der Waals surface area contributed by atoms with Gasteiger partial charge in [-0.3, -0.25) is 4.99 Å². The number of aromatic nitrogens is 2. The summed E-state index contributed by atoms with van der Waals surface area (Å²) in [5.74, 6) is 0.830. The Labute approximate surface area is 133 Å². The molecule has 0 fully saturated rings. The summed E-state index contributed by atoms with van der Waals surface area (Å²) in [6.45, 7) is 5.83. The number of rotatable bonds is 6. The Morgan fingerprint density at radius 3 is 1.81 bits per heavy atom. The molecular formula is C14H21N5S2. The van der Waals surface area contributed by atoms with Crippen LogP contribution in [0.5, 0.6) is 0 Å². The van der Waals surface area contributed by atoms with Gasteiger partial charge in [-0.1, -0.05) is 0 Å². The number of aliphatic imine (C=N–C) groups is 1. The zero-order valence-electron chi connectivity index (χ0n) is 12.6. The molecule has 0 spiro atoms. The molecule has 21 heavy (non-hydrogen) atoms. The van der Waals surface area contributed by atoms with Crippen molar-refractivity contribution in [3.8, 4) is 0 Å². The van der Waals surface area contributed by atoms with E-state index in [2.05, 4.69) is 39.4 Å². The highest BCUT2D eigenvalue weighted by molar-refractivity contribution is 7.11. The average molecular weight is 323 g/mol. The molecule has 7 heteroatoms. The highest BCUT2D eigenvalue weighted by Gasteiger charge is 2.02. The zero-order chi connectivity index (χ0) is 15.1. The van der Waals surface area contributed by atoms with E-state index in [0.717, 1.165) is 41.9 Å². The zero-order valence-corrected chi connectivity index (χ0v) is 14.3. The Bertz CT molecular complexity index is 539. The molecule has 114 valence electrons. The van der Waals surface area contributed by atoms with Crippen LogP contribution < -0.4 is 10.6 Å². The molecule has 0 aliphatic rings. The number of nitrogens with one attached hydrogen (secondary N) is 2. The quantitative estimate of drug-likeness (QED) is 0.632. The minimum Gasteiger partial charge on any atom is -0.356 e. The van der Waals surface area contributed by atoms with Crippen LogP contribution >= 0.6 is 22.7 Å². The van der Waals surface area contributed by atoms with Crippen LogP contribution in [0.25, 0.3) is 0 Å². The monoisotopic (exact) mass is 323 g/mol. The van der Waals surface area contributed by atoms with Crippen molar-refractivity contribution in [2.75, 3.05) is 20.1 Å².